The first-order valence-electron chi connectivity index (χ1n) is 6.83. The zero-order chi connectivity index (χ0) is 13.5. The maximum atomic E-state index is 14.0. The summed E-state index contributed by atoms with van der Waals surface area (Å²) in [5.41, 5.74) is 1.79. The van der Waals surface area contributed by atoms with Gasteiger partial charge in [0, 0.05) is 19.6 Å². The van der Waals surface area contributed by atoms with Crippen molar-refractivity contribution in [1.82, 2.24) is 5.32 Å². The molecule has 0 aliphatic heterocycles. The number of hydrogen-bond acceptors (Lipinski definition) is 2. The van der Waals surface area contributed by atoms with Crippen LogP contribution in [0.25, 0.3) is 0 Å². The molecule has 0 aromatic heterocycles. The summed E-state index contributed by atoms with van der Waals surface area (Å²) in [5.74, 6) is 0.484. The van der Waals surface area contributed by atoms with Crippen LogP contribution in [0.2, 0.25) is 0 Å². The summed E-state index contributed by atoms with van der Waals surface area (Å²) in [7, 11) is 0. The Kier molecular flexibility index (Phi) is 6.13. The third-order valence-corrected chi connectivity index (χ3v) is 3.02. The average molecular weight is 252 g/mol. The van der Waals surface area contributed by atoms with Gasteiger partial charge in [0.05, 0.1) is 5.69 Å². The second-order valence-electron chi connectivity index (χ2n) is 4.94. The highest BCUT2D eigenvalue weighted by Gasteiger charge is 2.13. The van der Waals surface area contributed by atoms with Crippen molar-refractivity contribution >= 4 is 5.69 Å². The number of nitrogens with zero attached hydrogens (tertiary/aromatic N) is 1. The van der Waals surface area contributed by atoms with Crippen LogP contribution in [-0.2, 0) is 6.54 Å². The number of nitrogens with one attached hydrogen (secondary N) is 1. The molecule has 0 aliphatic rings. The van der Waals surface area contributed by atoms with Crippen molar-refractivity contribution in [2.24, 2.45) is 5.92 Å². The van der Waals surface area contributed by atoms with E-state index in [-0.39, 0.29) is 5.82 Å². The van der Waals surface area contributed by atoms with Crippen LogP contribution in [0.1, 0.15) is 33.3 Å². The maximum absolute atomic E-state index is 14.0. The molecular formula is C15H25FN2. The predicted molar refractivity (Wildman–Crippen MR) is 76.5 cm³/mol. The van der Waals surface area contributed by atoms with Gasteiger partial charge >= 0.3 is 0 Å². The van der Waals surface area contributed by atoms with Crippen LogP contribution in [-0.4, -0.2) is 19.6 Å². The first-order valence-corrected chi connectivity index (χ1v) is 6.83. The van der Waals surface area contributed by atoms with E-state index in [1.54, 1.807) is 12.1 Å². The lowest BCUT2D eigenvalue weighted by Crippen LogP contribution is -2.26. The third kappa shape index (κ3) is 3.98. The summed E-state index contributed by atoms with van der Waals surface area (Å²) in [6.07, 6.45) is 0. The topological polar surface area (TPSA) is 15.3 Å². The Hall–Kier alpha value is -1.09. The number of halogens is 1. The summed E-state index contributed by atoms with van der Waals surface area (Å²) >= 11 is 0. The second kappa shape index (κ2) is 7.37. The number of para-hydroxylation sites is 1. The molecule has 18 heavy (non-hydrogen) atoms. The van der Waals surface area contributed by atoms with E-state index < -0.39 is 0 Å². The van der Waals surface area contributed by atoms with Gasteiger partial charge in [-0.3, -0.25) is 0 Å². The summed E-state index contributed by atoms with van der Waals surface area (Å²) < 4.78 is 14.0. The molecule has 0 fully saturated rings. The molecule has 0 heterocycles. The molecule has 0 saturated carbocycles. The fourth-order valence-corrected chi connectivity index (χ4v) is 2.09. The van der Waals surface area contributed by atoms with Crippen LogP contribution in [0.5, 0.6) is 0 Å². The summed E-state index contributed by atoms with van der Waals surface area (Å²) in [4.78, 5) is 2.07. The molecular weight excluding hydrogens is 227 g/mol. The van der Waals surface area contributed by atoms with Gasteiger partial charge in [-0.05, 0) is 37.9 Å². The SMILES string of the molecule is CCN(CC)c1c(F)cccc1CNCC(C)C. The highest BCUT2D eigenvalue weighted by atomic mass is 19.1. The summed E-state index contributed by atoms with van der Waals surface area (Å²) in [6.45, 7) is 11.8. The van der Waals surface area contributed by atoms with Crippen molar-refractivity contribution in [3.05, 3.63) is 29.6 Å². The highest BCUT2D eigenvalue weighted by Crippen LogP contribution is 2.24. The molecule has 3 heteroatoms. The number of benzene rings is 1. The maximum Gasteiger partial charge on any atom is 0.146 e. The molecule has 2 nitrogen and oxygen atoms in total. The van der Waals surface area contributed by atoms with Gasteiger partial charge in [0.1, 0.15) is 5.82 Å². The monoisotopic (exact) mass is 252 g/mol. The van der Waals surface area contributed by atoms with Gasteiger partial charge in [-0.25, -0.2) is 4.39 Å². The molecule has 0 saturated heterocycles. The van der Waals surface area contributed by atoms with E-state index in [0.29, 0.717) is 5.92 Å². The van der Waals surface area contributed by atoms with Gasteiger partial charge in [0.25, 0.3) is 0 Å². The first-order chi connectivity index (χ1) is 8.60. The van der Waals surface area contributed by atoms with Crippen molar-refractivity contribution in [2.75, 3.05) is 24.5 Å². The Labute approximate surface area is 110 Å². The van der Waals surface area contributed by atoms with E-state index in [0.717, 1.165) is 37.4 Å². The van der Waals surface area contributed by atoms with Gasteiger partial charge in [-0.2, -0.15) is 0 Å². The Bertz CT molecular complexity index is 360. The number of anilines is 1. The summed E-state index contributed by atoms with van der Waals surface area (Å²) in [5, 5.41) is 3.38. The Morgan fingerprint density at radius 2 is 1.89 bits per heavy atom. The lowest BCUT2D eigenvalue weighted by atomic mass is 10.1. The quantitative estimate of drug-likeness (QED) is 0.800. The molecule has 0 amide bonds. The van der Waals surface area contributed by atoms with Crippen molar-refractivity contribution in [1.29, 1.82) is 0 Å². The number of hydrogen-bond donors (Lipinski definition) is 1. The Morgan fingerprint density at radius 1 is 1.22 bits per heavy atom. The number of rotatable bonds is 7. The van der Waals surface area contributed by atoms with Gasteiger partial charge in [0.2, 0.25) is 0 Å². The van der Waals surface area contributed by atoms with E-state index >= 15 is 0 Å². The van der Waals surface area contributed by atoms with Crippen LogP contribution in [0.4, 0.5) is 10.1 Å². The van der Waals surface area contributed by atoms with Crippen molar-refractivity contribution in [3.63, 3.8) is 0 Å². The van der Waals surface area contributed by atoms with Crippen LogP contribution in [0.15, 0.2) is 18.2 Å². The molecule has 1 aromatic carbocycles. The molecule has 0 unspecified atom stereocenters. The van der Waals surface area contributed by atoms with Crippen LogP contribution < -0.4 is 10.2 Å². The Morgan fingerprint density at radius 3 is 2.44 bits per heavy atom. The van der Waals surface area contributed by atoms with E-state index in [4.69, 9.17) is 0 Å². The van der Waals surface area contributed by atoms with E-state index in [1.165, 1.54) is 0 Å². The van der Waals surface area contributed by atoms with Crippen molar-refractivity contribution < 1.29 is 4.39 Å². The molecule has 1 aromatic rings. The molecule has 0 spiro atoms. The van der Waals surface area contributed by atoms with Crippen LogP contribution >= 0.6 is 0 Å². The van der Waals surface area contributed by atoms with Crippen LogP contribution in [0.3, 0.4) is 0 Å². The van der Waals surface area contributed by atoms with Gasteiger partial charge in [0.15, 0.2) is 0 Å². The van der Waals surface area contributed by atoms with Gasteiger partial charge in [-0.1, -0.05) is 26.0 Å². The molecule has 1 rings (SSSR count). The molecule has 1 N–H and O–H groups in total. The molecule has 0 bridgehead atoms. The fourth-order valence-electron chi connectivity index (χ4n) is 2.09. The molecule has 102 valence electrons. The molecule has 0 radical (unpaired) electrons. The van der Waals surface area contributed by atoms with E-state index in [2.05, 4.69) is 37.9 Å². The molecule has 0 atom stereocenters. The Balaban J connectivity index is 2.86. The third-order valence-electron chi connectivity index (χ3n) is 3.02. The largest absolute Gasteiger partial charge is 0.369 e. The lowest BCUT2D eigenvalue weighted by molar-refractivity contribution is 0.549. The predicted octanol–water partition coefficient (Wildman–Crippen LogP) is 3.42. The summed E-state index contributed by atoms with van der Waals surface area (Å²) in [6, 6.07) is 5.33. The van der Waals surface area contributed by atoms with Gasteiger partial charge < -0.3 is 10.2 Å². The molecule has 0 aliphatic carbocycles. The van der Waals surface area contributed by atoms with E-state index in [1.807, 2.05) is 6.07 Å². The minimum atomic E-state index is -0.123. The van der Waals surface area contributed by atoms with Crippen LogP contribution in [0, 0.1) is 11.7 Å². The first kappa shape index (κ1) is 15.0. The lowest BCUT2D eigenvalue weighted by Gasteiger charge is -2.25. The minimum absolute atomic E-state index is 0.123. The highest BCUT2D eigenvalue weighted by molar-refractivity contribution is 5.54. The van der Waals surface area contributed by atoms with Crippen molar-refractivity contribution in [3.8, 4) is 0 Å². The average Bonchev–Trinajstić information content (AvgIpc) is 2.33. The fraction of sp³-hybridized carbons (Fsp3) is 0.600. The van der Waals surface area contributed by atoms with E-state index in [9.17, 15) is 4.39 Å². The zero-order valence-corrected chi connectivity index (χ0v) is 12.0. The standard InChI is InChI=1S/C15H25FN2/c1-5-18(6-2)15-13(8-7-9-14(15)16)11-17-10-12(3)4/h7-9,12,17H,5-6,10-11H2,1-4H3. The minimum Gasteiger partial charge on any atom is -0.369 e. The zero-order valence-electron chi connectivity index (χ0n) is 12.0. The second-order valence-corrected chi connectivity index (χ2v) is 4.94. The normalized spacial score (nSPS) is 11.0. The smallest absolute Gasteiger partial charge is 0.146 e. The van der Waals surface area contributed by atoms with Gasteiger partial charge in [-0.15, -0.1) is 0 Å². The van der Waals surface area contributed by atoms with Crippen molar-refractivity contribution in [2.45, 2.75) is 34.2 Å².